The molecule has 32 heavy (non-hydrogen) atoms. The van der Waals surface area contributed by atoms with Gasteiger partial charge in [0.05, 0.1) is 11.7 Å². The van der Waals surface area contributed by atoms with Crippen molar-refractivity contribution in [2.45, 2.75) is 69.9 Å². The second-order valence-corrected chi connectivity index (χ2v) is 9.92. The van der Waals surface area contributed by atoms with Crippen molar-refractivity contribution in [3.05, 3.63) is 53.0 Å². The Morgan fingerprint density at radius 2 is 1.91 bits per heavy atom. The van der Waals surface area contributed by atoms with E-state index in [1.165, 1.54) is 36.8 Å². The summed E-state index contributed by atoms with van der Waals surface area (Å²) in [5, 5.41) is 3.80. The molecule has 0 radical (unpaired) electrons. The summed E-state index contributed by atoms with van der Waals surface area (Å²) in [5.41, 5.74) is 4.00. The Kier molecular flexibility index (Phi) is 5.89. The second-order valence-electron chi connectivity index (χ2n) is 9.92. The first-order chi connectivity index (χ1) is 15.6. The highest BCUT2D eigenvalue weighted by atomic mass is 16.2. The number of nitrogens with zero attached hydrogens (tertiary/aromatic N) is 4. The minimum Gasteiger partial charge on any atom is -0.369 e. The van der Waals surface area contributed by atoms with E-state index in [4.69, 9.17) is 9.97 Å². The Bertz CT molecular complexity index is 970. The predicted molar refractivity (Wildman–Crippen MR) is 127 cm³/mol. The molecule has 2 aromatic rings. The zero-order chi connectivity index (χ0) is 22.1. The van der Waals surface area contributed by atoms with Gasteiger partial charge in [-0.1, -0.05) is 43.2 Å². The van der Waals surface area contributed by atoms with Crippen molar-refractivity contribution in [2.75, 3.05) is 32.0 Å². The number of anilines is 1. The Morgan fingerprint density at radius 3 is 2.66 bits per heavy atom. The van der Waals surface area contributed by atoms with Crippen LogP contribution in [0.5, 0.6) is 0 Å². The highest BCUT2D eigenvalue weighted by Crippen LogP contribution is 2.41. The van der Waals surface area contributed by atoms with Crippen molar-refractivity contribution in [2.24, 2.45) is 0 Å². The summed E-state index contributed by atoms with van der Waals surface area (Å²) in [6.45, 7) is 5.23. The van der Waals surface area contributed by atoms with E-state index in [0.717, 1.165) is 62.8 Å². The van der Waals surface area contributed by atoms with Crippen molar-refractivity contribution in [3.63, 3.8) is 0 Å². The third kappa shape index (κ3) is 4.01. The van der Waals surface area contributed by atoms with Crippen LogP contribution >= 0.6 is 0 Å². The summed E-state index contributed by atoms with van der Waals surface area (Å²) in [5.74, 6) is 1.93. The van der Waals surface area contributed by atoms with Gasteiger partial charge in [-0.15, -0.1) is 0 Å². The van der Waals surface area contributed by atoms with Crippen LogP contribution in [0.4, 0.5) is 5.82 Å². The van der Waals surface area contributed by atoms with E-state index in [2.05, 4.69) is 47.6 Å². The maximum Gasteiger partial charge on any atom is 0.220 e. The lowest BCUT2D eigenvalue weighted by molar-refractivity contribution is -0.129. The number of likely N-dealkylation sites (N-methyl/N-ethyl adjacent to an activating group) is 1. The number of amides is 1. The average Bonchev–Trinajstić information content (AvgIpc) is 3.48. The van der Waals surface area contributed by atoms with E-state index in [1.807, 2.05) is 4.90 Å². The molecule has 1 amide bonds. The number of carbonyl (C=O) groups excluding carboxylic acids is 1. The lowest BCUT2D eigenvalue weighted by atomic mass is 9.79. The Labute approximate surface area is 191 Å². The molecule has 1 aliphatic carbocycles. The van der Waals surface area contributed by atoms with Crippen LogP contribution in [0.2, 0.25) is 0 Å². The first-order valence-electron chi connectivity index (χ1n) is 12.2. The second kappa shape index (κ2) is 8.81. The molecule has 0 spiro atoms. The van der Waals surface area contributed by atoms with Crippen molar-refractivity contribution in [1.82, 2.24) is 19.8 Å². The van der Waals surface area contributed by atoms with Crippen LogP contribution in [0.25, 0.3) is 0 Å². The maximum atomic E-state index is 12.2. The van der Waals surface area contributed by atoms with E-state index >= 15 is 0 Å². The summed E-state index contributed by atoms with van der Waals surface area (Å²) in [7, 11) is 2.15. The number of benzene rings is 1. The molecule has 0 bridgehead atoms. The number of hydrogen-bond acceptors (Lipinski definition) is 5. The topological polar surface area (TPSA) is 61.4 Å². The molecular formula is C26H35N5O. The molecule has 1 saturated carbocycles. The molecule has 0 unspecified atom stereocenters. The fourth-order valence-corrected chi connectivity index (χ4v) is 5.95. The number of rotatable bonds is 5. The number of hydrogen-bond donors (Lipinski definition) is 1. The smallest absolute Gasteiger partial charge is 0.220 e. The van der Waals surface area contributed by atoms with Crippen molar-refractivity contribution in [1.29, 1.82) is 0 Å². The zero-order valence-electron chi connectivity index (χ0n) is 19.4. The SMILES string of the molecule is CC(=O)N1CCC[C@@H]1c1nc2c(c(NCC3(c4ccccc4)CCCC3)n1)CCN(C)C2. The minimum atomic E-state index is 0.000136. The third-order valence-electron chi connectivity index (χ3n) is 7.77. The van der Waals surface area contributed by atoms with Crippen LogP contribution < -0.4 is 5.32 Å². The van der Waals surface area contributed by atoms with Crippen molar-refractivity contribution in [3.8, 4) is 0 Å². The van der Waals surface area contributed by atoms with Gasteiger partial charge in [-0.05, 0) is 44.7 Å². The van der Waals surface area contributed by atoms with Crippen LogP contribution in [0.15, 0.2) is 30.3 Å². The van der Waals surface area contributed by atoms with E-state index < -0.39 is 0 Å². The quantitative estimate of drug-likeness (QED) is 0.770. The molecule has 1 N–H and O–H groups in total. The fraction of sp³-hybridized carbons (Fsp3) is 0.577. The highest BCUT2D eigenvalue weighted by Gasteiger charge is 2.36. The molecule has 6 heteroatoms. The first kappa shape index (κ1) is 21.4. The summed E-state index contributed by atoms with van der Waals surface area (Å²) in [6.07, 6.45) is 7.93. The molecule has 2 aliphatic heterocycles. The zero-order valence-corrected chi connectivity index (χ0v) is 19.4. The Morgan fingerprint density at radius 1 is 1.12 bits per heavy atom. The summed E-state index contributed by atoms with van der Waals surface area (Å²) in [6, 6.07) is 11.0. The van der Waals surface area contributed by atoms with Gasteiger partial charge in [0.1, 0.15) is 5.82 Å². The number of likely N-dealkylation sites (tertiary alicyclic amines) is 1. The number of fused-ring (bicyclic) bond motifs is 1. The number of nitrogens with one attached hydrogen (secondary N) is 1. The molecule has 1 saturated heterocycles. The van der Waals surface area contributed by atoms with Gasteiger partial charge in [0.25, 0.3) is 0 Å². The third-order valence-corrected chi connectivity index (χ3v) is 7.77. The molecule has 170 valence electrons. The Hall–Kier alpha value is -2.47. The molecule has 1 atom stereocenters. The molecule has 6 nitrogen and oxygen atoms in total. The Balaban J connectivity index is 1.47. The van der Waals surface area contributed by atoms with E-state index in [0.29, 0.717) is 0 Å². The first-order valence-corrected chi connectivity index (χ1v) is 12.2. The van der Waals surface area contributed by atoms with Gasteiger partial charge in [0.2, 0.25) is 5.91 Å². The number of carbonyl (C=O) groups is 1. The lowest BCUT2D eigenvalue weighted by Gasteiger charge is -2.32. The fourth-order valence-electron chi connectivity index (χ4n) is 5.95. The monoisotopic (exact) mass is 433 g/mol. The van der Waals surface area contributed by atoms with Gasteiger partial charge in [-0.3, -0.25) is 4.79 Å². The van der Waals surface area contributed by atoms with Crippen LogP contribution in [-0.4, -0.2) is 52.4 Å². The van der Waals surface area contributed by atoms with Gasteiger partial charge in [0, 0.05) is 44.1 Å². The van der Waals surface area contributed by atoms with E-state index in [-0.39, 0.29) is 17.4 Å². The van der Waals surface area contributed by atoms with Gasteiger partial charge in [-0.2, -0.15) is 0 Å². The standard InChI is InChI=1S/C26H35N5O/c1-19(32)31-15-8-11-23(31)25-28-22-17-30(2)16-12-21(22)24(29-25)27-18-26(13-6-7-14-26)20-9-4-3-5-10-20/h3-5,9-10,23H,6-8,11-18H2,1-2H3,(H,27,28,29)/t23-/m1/s1. The molecule has 2 fully saturated rings. The molecule has 1 aromatic carbocycles. The van der Waals surface area contributed by atoms with E-state index in [1.54, 1.807) is 6.92 Å². The van der Waals surface area contributed by atoms with Gasteiger partial charge >= 0.3 is 0 Å². The molecule has 1 aromatic heterocycles. The van der Waals surface area contributed by atoms with Crippen molar-refractivity contribution >= 4 is 11.7 Å². The molecule has 3 aliphatic rings. The molecule has 5 rings (SSSR count). The van der Waals surface area contributed by atoms with Gasteiger partial charge < -0.3 is 15.1 Å². The lowest BCUT2D eigenvalue weighted by Crippen LogP contribution is -2.35. The predicted octanol–water partition coefficient (Wildman–Crippen LogP) is 4.07. The van der Waals surface area contributed by atoms with Gasteiger partial charge in [0.15, 0.2) is 5.82 Å². The van der Waals surface area contributed by atoms with E-state index in [9.17, 15) is 4.79 Å². The average molecular weight is 434 g/mol. The van der Waals surface area contributed by atoms with Crippen molar-refractivity contribution < 1.29 is 4.79 Å². The summed E-state index contributed by atoms with van der Waals surface area (Å²) >= 11 is 0. The van der Waals surface area contributed by atoms with Crippen LogP contribution in [0, 0.1) is 0 Å². The normalized spacial score (nSPS) is 22.7. The highest BCUT2D eigenvalue weighted by molar-refractivity contribution is 5.74. The molecular weight excluding hydrogens is 398 g/mol. The minimum absolute atomic E-state index is 0.000136. The maximum absolute atomic E-state index is 12.2. The van der Waals surface area contributed by atoms with Gasteiger partial charge in [-0.25, -0.2) is 9.97 Å². The van der Waals surface area contributed by atoms with Crippen LogP contribution in [0.1, 0.15) is 74.1 Å². The largest absolute Gasteiger partial charge is 0.369 e. The van der Waals surface area contributed by atoms with Crippen LogP contribution in [-0.2, 0) is 23.2 Å². The molecule has 3 heterocycles. The number of aromatic nitrogens is 2. The summed E-state index contributed by atoms with van der Waals surface area (Å²) < 4.78 is 0. The van der Waals surface area contributed by atoms with Crippen LogP contribution in [0.3, 0.4) is 0 Å². The summed E-state index contributed by atoms with van der Waals surface area (Å²) in [4.78, 5) is 26.6.